The summed E-state index contributed by atoms with van der Waals surface area (Å²) in [6, 6.07) is 9.05. The summed E-state index contributed by atoms with van der Waals surface area (Å²) in [5.74, 6) is 0.815. The van der Waals surface area contributed by atoms with Crippen molar-refractivity contribution in [1.82, 2.24) is 25.5 Å². The summed E-state index contributed by atoms with van der Waals surface area (Å²) in [7, 11) is 1.80. The van der Waals surface area contributed by atoms with Gasteiger partial charge in [0.15, 0.2) is 5.82 Å². The van der Waals surface area contributed by atoms with Crippen molar-refractivity contribution >= 4 is 11.8 Å². The van der Waals surface area contributed by atoms with Gasteiger partial charge in [-0.05, 0) is 29.8 Å². The number of tetrazole rings is 1. The van der Waals surface area contributed by atoms with Crippen LogP contribution in [0.3, 0.4) is 0 Å². The fourth-order valence-electron chi connectivity index (χ4n) is 2.63. The van der Waals surface area contributed by atoms with E-state index in [4.69, 9.17) is 0 Å². The van der Waals surface area contributed by atoms with Gasteiger partial charge in [0, 0.05) is 22.6 Å². The second-order valence-electron chi connectivity index (χ2n) is 5.03. The van der Waals surface area contributed by atoms with Gasteiger partial charge in [-0.3, -0.25) is 0 Å². The van der Waals surface area contributed by atoms with E-state index in [2.05, 4.69) is 51.9 Å². The number of thioether (sulfide) groups is 1. The smallest absolute Gasteiger partial charge is 0.176 e. The molecule has 0 aliphatic carbocycles. The average Bonchev–Trinajstić information content (AvgIpc) is 3.04. The van der Waals surface area contributed by atoms with Gasteiger partial charge in [0.05, 0.1) is 7.05 Å². The van der Waals surface area contributed by atoms with E-state index in [0.717, 1.165) is 25.2 Å². The first-order valence-electron chi connectivity index (χ1n) is 6.97. The Balaban J connectivity index is 1.72. The normalized spacial score (nSPS) is 19.0. The standard InChI is InChI=1S/C14H19N5S/c1-3-15-11(9-14-16-18-19(2)17-14)13-8-10-6-4-5-7-12(10)20-13/h4-7,11,13,15H,3,8-9H2,1-2H3. The Hall–Kier alpha value is -1.40. The van der Waals surface area contributed by atoms with Crippen LogP contribution in [0, 0.1) is 0 Å². The zero-order valence-corrected chi connectivity index (χ0v) is 12.6. The van der Waals surface area contributed by atoms with Crippen LogP contribution >= 0.6 is 11.8 Å². The van der Waals surface area contributed by atoms with E-state index in [1.165, 1.54) is 15.3 Å². The van der Waals surface area contributed by atoms with Gasteiger partial charge in [0.1, 0.15) is 0 Å². The van der Waals surface area contributed by atoms with E-state index in [9.17, 15) is 0 Å². The minimum Gasteiger partial charge on any atom is -0.313 e. The van der Waals surface area contributed by atoms with Crippen LogP contribution in [0.15, 0.2) is 29.2 Å². The van der Waals surface area contributed by atoms with Crippen LogP contribution in [0.2, 0.25) is 0 Å². The van der Waals surface area contributed by atoms with Gasteiger partial charge in [0.25, 0.3) is 0 Å². The van der Waals surface area contributed by atoms with Crippen molar-refractivity contribution < 1.29 is 0 Å². The van der Waals surface area contributed by atoms with Crippen molar-refractivity contribution in [3.63, 3.8) is 0 Å². The number of hydrogen-bond donors (Lipinski definition) is 1. The van der Waals surface area contributed by atoms with Gasteiger partial charge in [-0.15, -0.1) is 22.0 Å². The van der Waals surface area contributed by atoms with Crippen LogP contribution in [-0.4, -0.2) is 38.0 Å². The van der Waals surface area contributed by atoms with Gasteiger partial charge in [0.2, 0.25) is 0 Å². The number of rotatable bonds is 5. The highest BCUT2D eigenvalue weighted by molar-refractivity contribution is 8.00. The lowest BCUT2D eigenvalue weighted by Gasteiger charge is -2.22. The lowest BCUT2D eigenvalue weighted by atomic mass is 10.0. The lowest BCUT2D eigenvalue weighted by Crippen LogP contribution is -2.40. The molecule has 0 saturated heterocycles. The summed E-state index contributed by atoms with van der Waals surface area (Å²) in [6.07, 6.45) is 1.94. The summed E-state index contributed by atoms with van der Waals surface area (Å²) in [4.78, 5) is 2.93. The van der Waals surface area contributed by atoms with E-state index >= 15 is 0 Å². The van der Waals surface area contributed by atoms with Crippen LogP contribution < -0.4 is 5.32 Å². The SMILES string of the molecule is CCNC(Cc1nnn(C)n1)C1Cc2ccccc2S1. The third-order valence-electron chi connectivity index (χ3n) is 3.54. The minimum absolute atomic E-state index is 0.376. The lowest BCUT2D eigenvalue weighted by molar-refractivity contribution is 0.495. The predicted molar refractivity (Wildman–Crippen MR) is 79.8 cm³/mol. The molecule has 1 aliphatic rings. The van der Waals surface area contributed by atoms with E-state index in [1.54, 1.807) is 7.05 Å². The molecular formula is C14H19N5S. The van der Waals surface area contributed by atoms with Crippen LogP contribution in [0.4, 0.5) is 0 Å². The van der Waals surface area contributed by atoms with Crippen LogP contribution in [0.5, 0.6) is 0 Å². The number of nitrogens with one attached hydrogen (secondary N) is 1. The molecule has 3 rings (SSSR count). The van der Waals surface area contributed by atoms with Gasteiger partial charge < -0.3 is 5.32 Å². The van der Waals surface area contributed by atoms with E-state index in [-0.39, 0.29) is 0 Å². The summed E-state index contributed by atoms with van der Waals surface area (Å²) in [5, 5.41) is 16.4. The maximum Gasteiger partial charge on any atom is 0.176 e. The Morgan fingerprint density at radius 2 is 2.30 bits per heavy atom. The molecular weight excluding hydrogens is 270 g/mol. The second-order valence-corrected chi connectivity index (χ2v) is 6.31. The van der Waals surface area contributed by atoms with Crippen LogP contribution in [-0.2, 0) is 19.9 Å². The topological polar surface area (TPSA) is 55.6 Å². The molecule has 5 nitrogen and oxygen atoms in total. The molecule has 1 aliphatic heterocycles. The quantitative estimate of drug-likeness (QED) is 0.903. The Kier molecular flexibility index (Phi) is 4.03. The number of benzene rings is 1. The molecule has 2 atom stereocenters. The van der Waals surface area contributed by atoms with Crippen molar-refractivity contribution in [2.45, 2.75) is 36.0 Å². The van der Waals surface area contributed by atoms with Gasteiger partial charge >= 0.3 is 0 Å². The number of fused-ring (bicyclic) bond motifs is 1. The molecule has 0 radical (unpaired) electrons. The number of hydrogen-bond acceptors (Lipinski definition) is 5. The number of nitrogens with zero attached hydrogens (tertiary/aromatic N) is 4. The van der Waals surface area contributed by atoms with Crippen LogP contribution in [0.25, 0.3) is 0 Å². The molecule has 2 aromatic rings. The molecule has 2 heterocycles. The molecule has 1 N–H and O–H groups in total. The first kappa shape index (κ1) is 13.6. The Bertz CT molecular complexity index is 557. The van der Waals surface area contributed by atoms with Crippen molar-refractivity contribution in [2.75, 3.05) is 6.54 Å². The highest BCUT2D eigenvalue weighted by atomic mass is 32.2. The third kappa shape index (κ3) is 2.86. The zero-order chi connectivity index (χ0) is 13.9. The molecule has 0 spiro atoms. The van der Waals surface area contributed by atoms with Gasteiger partial charge in [-0.25, -0.2) is 0 Å². The predicted octanol–water partition coefficient (Wildman–Crippen LogP) is 1.45. The number of aromatic nitrogens is 4. The monoisotopic (exact) mass is 289 g/mol. The Morgan fingerprint density at radius 3 is 3.00 bits per heavy atom. The van der Waals surface area contributed by atoms with Crippen molar-refractivity contribution in [1.29, 1.82) is 0 Å². The summed E-state index contributed by atoms with van der Waals surface area (Å²) >= 11 is 1.96. The molecule has 2 unspecified atom stereocenters. The van der Waals surface area contributed by atoms with E-state index in [1.807, 2.05) is 11.8 Å². The number of likely N-dealkylation sites (N-methyl/N-ethyl adjacent to an activating group) is 1. The van der Waals surface area contributed by atoms with E-state index in [0.29, 0.717) is 11.3 Å². The van der Waals surface area contributed by atoms with E-state index < -0.39 is 0 Å². The molecule has 0 saturated carbocycles. The third-order valence-corrected chi connectivity index (χ3v) is 4.99. The highest BCUT2D eigenvalue weighted by Gasteiger charge is 2.29. The average molecular weight is 289 g/mol. The molecule has 0 bridgehead atoms. The molecule has 20 heavy (non-hydrogen) atoms. The first-order chi connectivity index (χ1) is 9.76. The fraction of sp³-hybridized carbons (Fsp3) is 0.500. The number of aryl methyl sites for hydroxylation is 1. The molecule has 6 heteroatoms. The maximum atomic E-state index is 4.30. The molecule has 0 fully saturated rings. The van der Waals surface area contributed by atoms with Crippen molar-refractivity contribution in [3.05, 3.63) is 35.7 Å². The van der Waals surface area contributed by atoms with Crippen LogP contribution in [0.1, 0.15) is 18.3 Å². The fourth-order valence-corrected chi connectivity index (χ4v) is 4.04. The maximum absolute atomic E-state index is 4.30. The molecule has 106 valence electrons. The van der Waals surface area contributed by atoms with Crippen molar-refractivity contribution in [3.8, 4) is 0 Å². The Morgan fingerprint density at radius 1 is 1.45 bits per heavy atom. The Labute approximate surface area is 123 Å². The molecule has 1 aromatic heterocycles. The van der Waals surface area contributed by atoms with Crippen molar-refractivity contribution in [2.24, 2.45) is 7.05 Å². The highest BCUT2D eigenvalue weighted by Crippen LogP contribution is 2.38. The summed E-state index contributed by atoms with van der Waals surface area (Å²) in [5.41, 5.74) is 1.46. The molecule has 0 amide bonds. The summed E-state index contributed by atoms with van der Waals surface area (Å²) in [6.45, 7) is 3.10. The molecule has 1 aromatic carbocycles. The minimum atomic E-state index is 0.376. The second kappa shape index (κ2) is 5.93. The van der Waals surface area contributed by atoms with Gasteiger partial charge in [-0.2, -0.15) is 4.80 Å². The summed E-state index contributed by atoms with van der Waals surface area (Å²) < 4.78 is 0. The first-order valence-corrected chi connectivity index (χ1v) is 7.85. The zero-order valence-electron chi connectivity index (χ0n) is 11.8. The largest absolute Gasteiger partial charge is 0.313 e. The van der Waals surface area contributed by atoms with Gasteiger partial charge in [-0.1, -0.05) is 25.1 Å².